The molecule has 1 aromatic heterocycles. The van der Waals surface area contributed by atoms with Crippen molar-refractivity contribution in [3.05, 3.63) is 28.6 Å². The van der Waals surface area contributed by atoms with Gasteiger partial charge in [0.25, 0.3) is 5.91 Å². The van der Waals surface area contributed by atoms with Gasteiger partial charge in [0.1, 0.15) is 0 Å². The number of amides is 3. The molecule has 1 aliphatic rings. The fourth-order valence-corrected chi connectivity index (χ4v) is 5.24. The Balaban J connectivity index is 1.59. The lowest BCUT2D eigenvalue weighted by Gasteiger charge is -2.34. The Kier molecular flexibility index (Phi) is 9.33. The lowest BCUT2D eigenvalue weighted by Crippen LogP contribution is -2.51. The van der Waals surface area contributed by atoms with E-state index in [4.69, 9.17) is 15.9 Å². The summed E-state index contributed by atoms with van der Waals surface area (Å²) < 4.78 is 12.2. The molecule has 1 aliphatic heterocycles. The number of esters is 1. The number of thioether (sulfide) groups is 1. The molecule has 3 amide bonds. The van der Waals surface area contributed by atoms with Crippen LogP contribution in [-0.4, -0.2) is 89.6 Å². The third-order valence-electron chi connectivity index (χ3n) is 5.18. The average Bonchev–Trinajstić information content (AvgIpc) is 3.19. The van der Waals surface area contributed by atoms with Crippen LogP contribution < -0.4 is 4.80 Å². The molecule has 0 aliphatic carbocycles. The zero-order chi connectivity index (χ0) is 25.4. The van der Waals surface area contributed by atoms with Crippen molar-refractivity contribution >= 4 is 57.2 Å². The highest BCUT2D eigenvalue weighted by Gasteiger charge is 2.24. The fourth-order valence-electron chi connectivity index (χ4n) is 3.46. The molecule has 35 heavy (non-hydrogen) atoms. The minimum atomic E-state index is -0.457. The van der Waals surface area contributed by atoms with Gasteiger partial charge in [0.2, 0.25) is 5.91 Å². The van der Waals surface area contributed by atoms with Gasteiger partial charge < -0.3 is 23.8 Å². The Morgan fingerprint density at radius 3 is 2.51 bits per heavy atom. The smallest absolute Gasteiger partial charge is 0.409 e. The number of thiazole rings is 1. The van der Waals surface area contributed by atoms with Gasteiger partial charge in [-0.05, 0) is 25.1 Å². The number of methoxy groups -OCH3 is 1. The Morgan fingerprint density at radius 1 is 1.14 bits per heavy atom. The van der Waals surface area contributed by atoms with E-state index in [0.717, 1.165) is 10.2 Å². The number of piperazine rings is 1. The van der Waals surface area contributed by atoms with Crippen LogP contribution in [0.15, 0.2) is 23.2 Å². The zero-order valence-electron chi connectivity index (χ0n) is 19.5. The summed E-state index contributed by atoms with van der Waals surface area (Å²) in [6.45, 7) is 3.97. The number of carbonyl (C=O) groups excluding carboxylic acids is 4. The summed E-state index contributed by atoms with van der Waals surface area (Å²) >= 11 is 2.44. The molecule has 0 bridgehead atoms. The van der Waals surface area contributed by atoms with Crippen LogP contribution in [0.25, 0.3) is 10.2 Å². The van der Waals surface area contributed by atoms with E-state index in [0.29, 0.717) is 43.2 Å². The van der Waals surface area contributed by atoms with E-state index >= 15 is 0 Å². The highest BCUT2D eigenvalue weighted by atomic mass is 32.2. The average molecular weight is 519 g/mol. The first-order chi connectivity index (χ1) is 16.9. The van der Waals surface area contributed by atoms with Crippen molar-refractivity contribution < 1.29 is 28.7 Å². The van der Waals surface area contributed by atoms with E-state index < -0.39 is 5.97 Å². The van der Waals surface area contributed by atoms with Gasteiger partial charge in [-0.2, -0.15) is 4.99 Å². The number of ether oxygens (including phenoxy) is 2. The molecule has 1 fully saturated rings. The van der Waals surface area contributed by atoms with E-state index in [2.05, 4.69) is 10.9 Å². The number of nitrogens with zero attached hydrogens (tertiary/aromatic N) is 4. The van der Waals surface area contributed by atoms with Crippen molar-refractivity contribution in [2.45, 2.75) is 13.5 Å². The van der Waals surface area contributed by atoms with Gasteiger partial charge in [0.05, 0.1) is 47.5 Å². The van der Waals surface area contributed by atoms with Crippen LogP contribution in [0.2, 0.25) is 0 Å². The summed E-state index contributed by atoms with van der Waals surface area (Å²) in [5, 5.41) is 0. The number of carbonyl (C=O) groups is 4. The molecule has 1 aromatic carbocycles. The maximum Gasteiger partial charge on any atom is 0.409 e. The SMILES string of the molecule is C#CCn1c(=NC(=O)CSCC(=O)N2CCN(C(=O)OCC)CC2)sc2cc(C(=O)OC)ccc21. The van der Waals surface area contributed by atoms with Crippen LogP contribution in [0.4, 0.5) is 4.79 Å². The first-order valence-corrected chi connectivity index (χ1v) is 12.8. The second kappa shape index (κ2) is 12.4. The highest BCUT2D eigenvalue weighted by Crippen LogP contribution is 2.20. The summed E-state index contributed by atoms with van der Waals surface area (Å²) in [6.07, 6.45) is 5.12. The molecule has 2 aromatic rings. The fraction of sp³-hybridized carbons (Fsp3) is 0.435. The number of rotatable bonds is 7. The molecule has 0 spiro atoms. The van der Waals surface area contributed by atoms with Gasteiger partial charge in [0, 0.05) is 26.2 Å². The predicted octanol–water partition coefficient (Wildman–Crippen LogP) is 1.58. The van der Waals surface area contributed by atoms with Crippen molar-refractivity contribution in [2.24, 2.45) is 4.99 Å². The Bertz CT molecular complexity index is 1220. The molecule has 10 nitrogen and oxygen atoms in total. The van der Waals surface area contributed by atoms with Gasteiger partial charge in [-0.1, -0.05) is 17.3 Å². The third kappa shape index (κ3) is 6.64. The summed E-state index contributed by atoms with van der Waals surface area (Å²) in [7, 11) is 1.31. The van der Waals surface area contributed by atoms with Gasteiger partial charge in [-0.3, -0.25) is 9.59 Å². The van der Waals surface area contributed by atoms with Gasteiger partial charge in [-0.15, -0.1) is 18.2 Å². The van der Waals surface area contributed by atoms with E-state index in [1.165, 1.54) is 30.2 Å². The molecule has 2 heterocycles. The zero-order valence-corrected chi connectivity index (χ0v) is 21.2. The molecule has 3 rings (SSSR count). The molecule has 0 unspecified atom stereocenters. The van der Waals surface area contributed by atoms with Crippen LogP contribution in [0, 0.1) is 12.3 Å². The van der Waals surface area contributed by atoms with Crippen molar-refractivity contribution in [2.75, 3.05) is 51.4 Å². The molecular formula is C23H26N4O6S2. The first kappa shape index (κ1) is 26.3. The predicted molar refractivity (Wildman–Crippen MR) is 133 cm³/mol. The second-order valence-electron chi connectivity index (χ2n) is 7.41. The molecule has 12 heteroatoms. The lowest BCUT2D eigenvalue weighted by molar-refractivity contribution is -0.129. The Morgan fingerprint density at radius 2 is 1.86 bits per heavy atom. The number of terminal acetylenes is 1. The third-order valence-corrected chi connectivity index (χ3v) is 7.13. The Labute approximate surface area is 210 Å². The van der Waals surface area contributed by atoms with Gasteiger partial charge >= 0.3 is 12.1 Å². The molecule has 0 atom stereocenters. The molecule has 0 N–H and O–H groups in total. The van der Waals surface area contributed by atoms with Crippen LogP contribution in [0.1, 0.15) is 17.3 Å². The number of hydrogen-bond donors (Lipinski definition) is 0. The number of benzene rings is 1. The summed E-state index contributed by atoms with van der Waals surface area (Å²) in [4.78, 5) is 56.4. The number of fused-ring (bicyclic) bond motifs is 1. The molecule has 186 valence electrons. The maximum absolute atomic E-state index is 12.5. The quantitative estimate of drug-likeness (QED) is 0.404. The molecule has 0 saturated carbocycles. The molecule has 0 radical (unpaired) electrons. The van der Waals surface area contributed by atoms with E-state index in [9.17, 15) is 19.2 Å². The first-order valence-electron chi connectivity index (χ1n) is 10.9. The standard InChI is InChI=1S/C23H26N4O6S2/c1-4-8-27-17-7-6-16(21(30)32-3)13-18(17)35-22(27)24-19(28)14-34-15-20(29)25-9-11-26(12-10-25)23(31)33-5-2/h1,6-7,13H,5,8-12,14-15H2,2-3H3. The summed E-state index contributed by atoms with van der Waals surface area (Å²) in [5.41, 5.74) is 1.15. The minimum Gasteiger partial charge on any atom is -0.465 e. The van der Waals surface area contributed by atoms with Crippen LogP contribution in [0.3, 0.4) is 0 Å². The molecular weight excluding hydrogens is 492 g/mol. The number of hydrogen-bond acceptors (Lipinski definition) is 8. The minimum absolute atomic E-state index is 0.0340. The topological polar surface area (TPSA) is 111 Å². The van der Waals surface area contributed by atoms with E-state index in [1.54, 1.807) is 39.5 Å². The summed E-state index contributed by atoms with van der Waals surface area (Å²) in [5.74, 6) is 1.79. The van der Waals surface area contributed by atoms with Crippen LogP contribution in [0.5, 0.6) is 0 Å². The van der Waals surface area contributed by atoms with E-state index in [1.807, 2.05) is 0 Å². The Hall–Kier alpha value is -3.30. The second-order valence-corrected chi connectivity index (χ2v) is 9.41. The van der Waals surface area contributed by atoms with Gasteiger partial charge in [-0.25, -0.2) is 9.59 Å². The van der Waals surface area contributed by atoms with Crippen molar-refractivity contribution in [1.29, 1.82) is 0 Å². The largest absolute Gasteiger partial charge is 0.465 e. The van der Waals surface area contributed by atoms with Gasteiger partial charge in [0.15, 0.2) is 4.80 Å². The van der Waals surface area contributed by atoms with Crippen molar-refractivity contribution in [3.63, 3.8) is 0 Å². The molecule has 1 saturated heterocycles. The van der Waals surface area contributed by atoms with Crippen LogP contribution in [-0.2, 0) is 25.6 Å². The van der Waals surface area contributed by atoms with Crippen molar-refractivity contribution in [3.8, 4) is 12.3 Å². The normalized spacial score (nSPS) is 14.0. The van der Waals surface area contributed by atoms with E-state index in [-0.39, 0.29) is 36.0 Å². The summed E-state index contributed by atoms with van der Waals surface area (Å²) in [6, 6.07) is 5.05. The maximum atomic E-state index is 12.5. The highest BCUT2D eigenvalue weighted by molar-refractivity contribution is 8.00. The van der Waals surface area contributed by atoms with Crippen LogP contribution >= 0.6 is 23.1 Å². The number of aromatic nitrogens is 1. The van der Waals surface area contributed by atoms with Crippen molar-refractivity contribution in [1.82, 2.24) is 14.4 Å². The lowest BCUT2D eigenvalue weighted by atomic mass is 10.2. The monoisotopic (exact) mass is 518 g/mol.